The van der Waals surface area contributed by atoms with Gasteiger partial charge < -0.3 is 14.2 Å². The minimum atomic E-state index is -3.89. The second-order valence-electron chi connectivity index (χ2n) is 6.88. The number of fused-ring (bicyclic) bond motifs is 1. The summed E-state index contributed by atoms with van der Waals surface area (Å²) in [5, 5.41) is 0. The predicted molar refractivity (Wildman–Crippen MR) is 92.8 cm³/mol. The van der Waals surface area contributed by atoms with Crippen molar-refractivity contribution in [3.63, 3.8) is 0 Å². The summed E-state index contributed by atoms with van der Waals surface area (Å²) in [6.07, 6.45) is 3.72. The largest absolute Gasteiger partial charge is 0.375 e. The van der Waals surface area contributed by atoms with Crippen molar-refractivity contribution in [2.75, 3.05) is 12.4 Å². The van der Waals surface area contributed by atoms with E-state index in [-0.39, 0.29) is 24.1 Å². The summed E-state index contributed by atoms with van der Waals surface area (Å²) < 4.78 is 48.7. The lowest BCUT2D eigenvalue weighted by Crippen LogP contribution is -2.41. The van der Waals surface area contributed by atoms with Crippen molar-refractivity contribution in [2.45, 2.75) is 63.1 Å². The van der Waals surface area contributed by atoms with Gasteiger partial charge in [0.05, 0.1) is 18.0 Å². The highest BCUT2D eigenvalue weighted by Crippen LogP contribution is 2.43. The lowest BCUT2D eigenvalue weighted by molar-refractivity contribution is -0.179. The molecule has 2 fully saturated rings. The van der Waals surface area contributed by atoms with Gasteiger partial charge in [0.15, 0.2) is 5.79 Å². The minimum Gasteiger partial charge on any atom is -0.375 e. The standard InChI is InChI=1S/C18H26O6S/c1-18(14-8-3-2-4-9-14)23-16-11-7-10-15(17(16)24-18)22-12-5-6-13-25(19,20)21/h2-4,8-9,15-17H,5-7,10-13H2,1H3,(H,19,20,21). The van der Waals surface area contributed by atoms with Crippen LogP contribution in [0.25, 0.3) is 0 Å². The molecule has 0 amide bonds. The van der Waals surface area contributed by atoms with Gasteiger partial charge in [-0.1, -0.05) is 30.3 Å². The zero-order valence-electron chi connectivity index (χ0n) is 14.5. The fraction of sp³-hybridized carbons (Fsp3) is 0.667. The van der Waals surface area contributed by atoms with Crippen LogP contribution in [-0.2, 0) is 30.1 Å². The summed E-state index contributed by atoms with van der Waals surface area (Å²) in [6, 6.07) is 9.91. The quantitative estimate of drug-likeness (QED) is 0.587. The van der Waals surface area contributed by atoms with Crippen molar-refractivity contribution in [2.24, 2.45) is 0 Å². The van der Waals surface area contributed by atoms with Crippen LogP contribution in [0.2, 0.25) is 0 Å². The van der Waals surface area contributed by atoms with Crippen LogP contribution in [0.4, 0.5) is 0 Å². The molecule has 2 aliphatic rings. The highest BCUT2D eigenvalue weighted by atomic mass is 32.2. The fourth-order valence-electron chi connectivity index (χ4n) is 3.62. The number of hydrogen-bond donors (Lipinski definition) is 1. The smallest absolute Gasteiger partial charge is 0.264 e. The second-order valence-corrected chi connectivity index (χ2v) is 8.46. The van der Waals surface area contributed by atoms with Crippen LogP contribution < -0.4 is 0 Å². The van der Waals surface area contributed by atoms with Crippen molar-refractivity contribution < 1.29 is 27.2 Å². The Hall–Kier alpha value is -0.990. The molecular formula is C18H26O6S. The highest BCUT2D eigenvalue weighted by molar-refractivity contribution is 7.85. The van der Waals surface area contributed by atoms with E-state index in [2.05, 4.69) is 0 Å². The van der Waals surface area contributed by atoms with E-state index in [1.54, 1.807) is 0 Å². The number of rotatable bonds is 7. The number of hydrogen-bond acceptors (Lipinski definition) is 5. The van der Waals surface area contributed by atoms with Gasteiger partial charge in [-0.25, -0.2) is 0 Å². The highest BCUT2D eigenvalue weighted by Gasteiger charge is 2.50. The molecule has 6 nitrogen and oxygen atoms in total. The first-order valence-electron chi connectivity index (χ1n) is 8.85. The maximum Gasteiger partial charge on any atom is 0.264 e. The molecule has 1 aliphatic heterocycles. The molecular weight excluding hydrogens is 344 g/mol. The van der Waals surface area contributed by atoms with Gasteiger partial charge in [-0.05, 0) is 39.0 Å². The van der Waals surface area contributed by atoms with Gasteiger partial charge in [0.1, 0.15) is 6.10 Å². The number of unbranched alkanes of at least 4 members (excludes halogenated alkanes) is 1. The van der Waals surface area contributed by atoms with Crippen LogP contribution in [0.5, 0.6) is 0 Å². The molecule has 1 saturated carbocycles. The first-order chi connectivity index (χ1) is 11.9. The molecule has 0 bridgehead atoms. The van der Waals surface area contributed by atoms with Crippen LogP contribution in [0, 0.1) is 0 Å². The van der Waals surface area contributed by atoms with E-state index in [4.69, 9.17) is 18.8 Å². The second kappa shape index (κ2) is 7.72. The van der Waals surface area contributed by atoms with Crippen molar-refractivity contribution >= 4 is 10.1 Å². The summed E-state index contributed by atoms with van der Waals surface area (Å²) in [7, 11) is -3.89. The van der Waals surface area contributed by atoms with Crippen LogP contribution in [-0.4, -0.2) is 43.6 Å². The maximum absolute atomic E-state index is 10.7. The Labute approximate surface area is 149 Å². The average Bonchev–Trinajstić information content (AvgIpc) is 2.93. The van der Waals surface area contributed by atoms with Gasteiger partial charge in [0, 0.05) is 12.2 Å². The van der Waals surface area contributed by atoms with Gasteiger partial charge in [-0.2, -0.15) is 8.42 Å². The average molecular weight is 370 g/mol. The predicted octanol–water partition coefficient (Wildman–Crippen LogP) is 2.88. The van der Waals surface area contributed by atoms with Crippen LogP contribution >= 0.6 is 0 Å². The van der Waals surface area contributed by atoms with E-state index in [0.717, 1.165) is 24.8 Å². The third-order valence-electron chi connectivity index (χ3n) is 4.87. The number of ether oxygens (including phenoxy) is 3. The van der Waals surface area contributed by atoms with Gasteiger partial charge in [-0.3, -0.25) is 4.55 Å². The van der Waals surface area contributed by atoms with E-state index >= 15 is 0 Å². The Morgan fingerprint density at radius 3 is 2.68 bits per heavy atom. The molecule has 1 aromatic rings. The summed E-state index contributed by atoms with van der Waals surface area (Å²) in [4.78, 5) is 0. The van der Waals surface area contributed by atoms with Crippen molar-refractivity contribution in [1.82, 2.24) is 0 Å². The molecule has 1 aliphatic carbocycles. The van der Waals surface area contributed by atoms with Crippen molar-refractivity contribution in [1.29, 1.82) is 0 Å². The Morgan fingerprint density at radius 1 is 1.20 bits per heavy atom. The lowest BCUT2D eigenvalue weighted by atomic mass is 9.92. The summed E-state index contributed by atoms with van der Waals surface area (Å²) in [6.45, 7) is 2.40. The molecule has 1 saturated heterocycles. The number of benzene rings is 1. The molecule has 25 heavy (non-hydrogen) atoms. The molecule has 7 heteroatoms. The zero-order valence-corrected chi connectivity index (χ0v) is 15.3. The molecule has 1 heterocycles. The summed E-state index contributed by atoms with van der Waals surface area (Å²) in [5.74, 6) is -0.980. The van der Waals surface area contributed by atoms with Crippen LogP contribution in [0.15, 0.2) is 30.3 Å². The normalized spacial score (nSPS) is 32.5. The van der Waals surface area contributed by atoms with Gasteiger partial charge in [0.2, 0.25) is 0 Å². The first-order valence-corrected chi connectivity index (χ1v) is 10.5. The summed E-state index contributed by atoms with van der Waals surface area (Å²) >= 11 is 0. The van der Waals surface area contributed by atoms with E-state index in [1.165, 1.54) is 0 Å². The Morgan fingerprint density at radius 2 is 1.96 bits per heavy atom. The van der Waals surface area contributed by atoms with Gasteiger partial charge in [0.25, 0.3) is 10.1 Å². The van der Waals surface area contributed by atoms with E-state index in [1.807, 2.05) is 37.3 Å². The molecule has 0 aromatic heterocycles. The van der Waals surface area contributed by atoms with Crippen molar-refractivity contribution in [3.05, 3.63) is 35.9 Å². The molecule has 3 rings (SSSR count). The molecule has 0 spiro atoms. The van der Waals surface area contributed by atoms with E-state index in [9.17, 15) is 8.42 Å². The zero-order chi connectivity index (χ0) is 17.9. The SMILES string of the molecule is CC1(c2ccccc2)OC2CCCC(OCCCCS(=O)(=O)O)C2O1. The van der Waals surface area contributed by atoms with Crippen LogP contribution in [0.1, 0.15) is 44.6 Å². The van der Waals surface area contributed by atoms with E-state index < -0.39 is 15.9 Å². The topological polar surface area (TPSA) is 82.1 Å². The Balaban J connectivity index is 1.55. The maximum atomic E-state index is 10.7. The molecule has 4 unspecified atom stereocenters. The fourth-order valence-corrected chi connectivity index (χ4v) is 4.19. The summed E-state index contributed by atoms with van der Waals surface area (Å²) in [5.41, 5.74) is 0.997. The monoisotopic (exact) mass is 370 g/mol. The third-order valence-corrected chi connectivity index (χ3v) is 5.68. The molecule has 1 aromatic carbocycles. The van der Waals surface area contributed by atoms with Crippen molar-refractivity contribution in [3.8, 4) is 0 Å². The Bertz CT molecular complexity index is 661. The molecule has 1 N–H and O–H groups in total. The van der Waals surface area contributed by atoms with Gasteiger partial charge in [-0.15, -0.1) is 0 Å². The van der Waals surface area contributed by atoms with Crippen LogP contribution in [0.3, 0.4) is 0 Å². The van der Waals surface area contributed by atoms with E-state index in [0.29, 0.717) is 19.4 Å². The van der Waals surface area contributed by atoms with Gasteiger partial charge >= 0.3 is 0 Å². The first kappa shape index (κ1) is 18.8. The Kier molecular flexibility index (Phi) is 5.80. The molecule has 0 radical (unpaired) electrons. The molecule has 140 valence electrons. The molecule has 4 atom stereocenters. The minimum absolute atomic E-state index is 0.0155. The lowest BCUT2D eigenvalue weighted by Gasteiger charge is -2.31. The third kappa shape index (κ3) is 4.80.